The van der Waals surface area contributed by atoms with Crippen molar-refractivity contribution < 1.29 is 53.1 Å². The molecule has 1 saturated carbocycles. The number of aromatic nitrogens is 1. The number of anilines is 1. The first-order chi connectivity index (χ1) is 31.9. The molecule has 4 heterocycles. The van der Waals surface area contributed by atoms with E-state index in [2.05, 4.69) is 54.2 Å². The first kappa shape index (κ1) is 52.5. The molecule has 3 aliphatic heterocycles. The highest BCUT2D eigenvalue weighted by molar-refractivity contribution is 6.39. The van der Waals surface area contributed by atoms with E-state index < -0.39 is 77.8 Å². The van der Waals surface area contributed by atoms with Crippen molar-refractivity contribution in [1.82, 2.24) is 9.88 Å². The lowest BCUT2D eigenvalue weighted by atomic mass is 9.80. The molecule has 0 spiro atoms. The van der Waals surface area contributed by atoms with Crippen molar-refractivity contribution in [2.24, 2.45) is 29.6 Å². The molecule has 1 aliphatic carbocycles. The van der Waals surface area contributed by atoms with Crippen LogP contribution in [0.5, 0.6) is 0 Å². The number of ether oxygens (including phenoxy) is 5. The number of cyclic esters (lactones) is 1. The molecule has 1 aromatic carbocycles. The lowest BCUT2D eigenvalue weighted by molar-refractivity contribution is -0.302. The first-order valence-electron chi connectivity index (χ1n) is 24.9. The number of carbonyl (C=O) groups excluding carboxylic acids is 4. The van der Waals surface area contributed by atoms with E-state index in [0.717, 1.165) is 47.0 Å². The zero-order chi connectivity index (χ0) is 48.7. The minimum Gasteiger partial charge on any atom is -0.456 e. The topological polar surface area (TPSA) is 177 Å². The van der Waals surface area contributed by atoms with Gasteiger partial charge in [-0.1, -0.05) is 45.4 Å². The molecule has 2 saturated heterocycles. The Hall–Kier alpha value is -3.92. The van der Waals surface area contributed by atoms with Gasteiger partial charge in [0.05, 0.1) is 30.5 Å². The van der Waals surface area contributed by atoms with Crippen LogP contribution < -0.4 is 4.90 Å². The maximum atomic E-state index is 14.6. The number of likely N-dealkylation sites (N-methyl/N-ethyl adjacent to an activating group) is 1. The molecule has 2 aromatic rings. The van der Waals surface area contributed by atoms with Gasteiger partial charge in [-0.15, -0.1) is 0 Å². The summed E-state index contributed by atoms with van der Waals surface area (Å²) in [7, 11) is 5.20. The third-order valence-corrected chi connectivity index (χ3v) is 15.4. The molecular formula is C53H79N3O11. The monoisotopic (exact) mass is 934 g/mol. The number of H-pyrrole nitrogens is 1. The van der Waals surface area contributed by atoms with Gasteiger partial charge in [-0.2, -0.15) is 0 Å². The molecular weight excluding hydrogens is 855 g/mol. The number of aromatic amines is 1. The van der Waals surface area contributed by atoms with Gasteiger partial charge in [0.15, 0.2) is 0 Å². The smallest absolute Gasteiger partial charge is 0.329 e. The Morgan fingerprint density at radius 1 is 0.970 bits per heavy atom. The molecule has 372 valence electrons. The van der Waals surface area contributed by atoms with Crippen LogP contribution in [-0.2, 0) is 42.9 Å². The number of nitrogens with zero attached hydrogens (tertiary/aromatic N) is 2. The van der Waals surface area contributed by atoms with Crippen molar-refractivity contribution in [3.8, 4) is 0 Å². The molecule has 4 aliphatic rings. The Bertz CT molecular complexity index is 2080. The average molecular weight is 934 g/mol. The van der Waals surface area contributed by atoms with Crippen molar-refractivity contribution >= 4 is 40.0 Å². The molecule has 2 bridgehead atoms. The summed E-state index contributed by atoms with van der Waals surface area (Å²) < 4.78 is 31.0. The highest BCUT2D eigenvalue weighted by atomic mass is 16.7. The van der Waals surface area contributed by atoms with Gasteiger partial charge < -0.3 is 48.7 Å². The third-order valence-electron chi connectivity index (χ3n) is 15.4. The Morgan fingerprint density at radius 2 is 1.70 bits per heavy atom. The van der Waals surface area contributed by atoms with Gasteiger partial charge in [-0.3, -0.25) is 14.4 Å². The van der Waals surface area contributed by atoms with Gasteiger partial charge in [0.25, 0.3) is 11.7 Å². The number of carbonyl (C=O) groups is 4. The second kappa shape index (κ2) is 23.1. The standard InChI is InChI=1S/C53H79N3O11/c1-11-37-24-31(3)23-32(4)25-46(63-9)49-47(64-10)27-34(6)53(62,67-49)50(59)51(60)56-22-14-13-15-42(56)52(61)66-48(35(7)43(57)30-44(37)58)33(5)26-36-16-19-41(45(28-36)65-12-2)55(8)39-17-18-40-38(29-39)20-21-54-40/h17-18,20-21,24,26,29,32,34-37,41-43,45-49,54,57,62H,11-16,19,22-23,25,27-28,30H2,1-10H3/b31-24+,33-26?. The van der Waals surface area contributed by atoms with Crippen LogP contribution in [0.4, 0.5) is 5.69 Å². The number of aliphatic hydroxyl groups is 2. The second-order valence-corrected chi connectivity index (χ2v) is 20.2. The van der Waals surface area contributed by atoms with E-state index in [9.17, 15) is 29.4 Å². The summed E-state index contributed by atoms with van der Waals surface area (Å²) >= 11 is 0. The summed E-state index contributed by atoms with van der Waals surface area (Å²) in [6.07, 6.45) is 7.36. The number of fused-ring (bicyclic) bond motifs is 4. The molecule has 14 unspecified atom stereocenters. The van der Waals surface area contributed by atoms with Gasteiger partial charge in [0, 0.05) is 81.4 Å². The van der Waals surface area contributed by atoms with Gasteiger partial charge in [0.2, 0.25) is 5.79 Å². The van der Waals surface area contributed by atoms with Gasteiger partial charge in [0.1, 0.15) is 24.0 Å². The minimum atomic E-state index is -2.50. The summed E-state index contributed by atoms with van der Waals surface area (Å²) in [6, 6.07) is 7.47. The summed E-state index contributed by atoms with van der Waals surface area (Å²) in [5.41, 5.74) is 3.92. The van der Waals surface area contributed by atoms with Crippen molar-refractivity contribution in [2.45, 2.75) is 174 Å². The molecule has 14 nitrogen and oxygen atoms in total. The molecule has 0 radical (unpaired) electrons. The summed E-state index contributed by atoms with van der Waals surface area (Å²) in [4.78, 5) is 64.3. The second-order valence-electron chi connectivity index (χ2n) is 20.2. The van der Waals surface area contributed by atoms with Crippen LogP contribution >= 0.6 is 0 Å². The van der Waals surface area contributed by atoms with Crippen molar-refractivity contribution in [1.29, 1.82) is 0 Å². The maximum absolute atomic E-state index is 14.6. The highest BCUT2D eigenvalue weighted by Crippen LogP contribution is 2.40. The molecule has 1 aromatic heterocycles. The molecule has 67 heavy (non-hydrogen) atoms. The van der Waals surface area contributed by atoms with Crippen LogP contribution in [0.2, 0.25) is 0 Å². The first-order valence-corrected chi connectivity index (χ1v) is 24.9. The predicted molar refractivity (Wildman–Crippen MR) is 257 cm³/mol. The van der Waals surface area contributed by atoms with Crippen LogP contribution in [0.3, 0.4) is 0 Å². The Balaban J connectivity index is 1.32. The number of piperidine rings is 1. The van der Waals surface area contributed by atoms with Crippen molar-refractivity contribution in [2.75, 3.05) is 39.3 Å². The van der Waals surface area contributed by atoms with Crippen LogP contribution in [0.15, 0.2) is 53.8 Å². The van der Waals surface area contributed by atoms with Crippen LogP contribution in [0.1, 0.15) is 119 Å². The van der Waals surface area contributed by atoms with E-state index in [1.165, 1.54) is 4.90 Å². The fourth-order valence-electron chi connectivity index (χ4n) is 11.4. The number of methoxy groups -OCH3 is 2. The number of aliphatic hydroxyl groups excluding tert-OH is 1. The van der Waals surface area contributed by atoms with E-state index in [0.29, 0.717) is 38.7 Å². The molecule has 14 atom stereocenters. The van der Waals surface area contributed by atoms with E-state index in [1.807, 2.05) is 40.0 Å². The molecule has 3 N–H and O–H groups in total. The van der Waals surface area contributed by atoms with E-state index in [-0.39, 0.29) is 55.6 Å². The average Bonchev–Trinajstić information content (AvgIpc) is 3.79. The van der Waals surface area contributed by atoms with E-state index in [4.69, 9.17) is 23.7 Å². The summed E-state index contributed by atoms with van der Waals surface area (Å²) in [5, 5.41) is 25.2. The molecule has 14 heteroatoms. The Labute approximate surface area is 398 Å². The van der Waals surface area contributed by atoms with Gasteiger partial charge >= 0.3 is 5.97 Å². The number of nitrogens with one attached hydrogen (secondary N) is 1. The molecule has 1 amide bonds. The zero-order valence-corrected chi connectivity index (χ0v) is 41.7. The lowest BCUT2D eigenvalue weighted by Gasteiger charge is -2.47. The van der Waals surface area contributed by atoms with Crippen molar-refractivity contribution in [3.05, 3.63) is 53.8 Å². The number of esters is 1. The number of hydrogen-bond acceptors (Lipinski definition) is 12. The number of hydrogen-bond donors (Lipinski definition) is 3. The van der Waals surface area contributed by atoms with Crippen LogP contribution in [-0.4, -0.2) is 132 Å². The fraction of sp³-hybridized carbons (Fsp3) is 0.698. The fourth-order valence-corrected chi connectivity index (χ4v) is 11.4. The number of rotatable bonds is 9. The normalized spacial score (nSPS) is 36.7. The Kier molecular flexibility index (Phi) is 18.1. The largest absolute Gasteiger partial charge is 0.456 e. The molecule has 3 fully saturated rings. The number of allylic oxidation sites excluding steroid dienone is 3. The highest BCUT2D eigenvalue weighted by Gasteiger charge is 2.56. The van der Waals surface area contributed by atoms with E-state index in [1.54, 1.807) is 28.1 Å². The number of amides is 1. The number of Topliss-reactive ketones (excluding diaryl/α,β-unsaturated/α-hetero) is 2. The minimum absolute atomic E-state index is 0.0341. The maximum Gasteiger partial charge on any atom is 0.329 e. The van der Waals surface area contributed by atoms with Crippen LogP contribution in [0.25, 0.3) is 10.9 Å². The van der Waals surface area contributed by atoms with Gasteiger partial charge in [-0.05, 0) is 127 Å². The quantitative estimate of drug-likeness (QED) is 0.129. The predicted octanol–water partition coefficient (Wildman–Crippen LogP) is 7.49. The third kappa shape index (κ3) is 11.9. The lowest BCUT2D eigenvalue weighted by Crippen LogP contribution is -2.64. The SMILES string of the molecule is CCOC1CC(C=C(C)C2OC(=O)C3CCCCN3C(=O)C(=O)C3(O)OC(C(OC)CC(C)C/C(C)=C/C(CC)C(=O)CC(O)C2C)C(OC)CC3C)CCC1N(C)c1ccc2[nH]ccc2c1. The van der Waals surface area contributed by atoms with Crippen LogP contribution in [0, 0.1) is 29.6 Å². The zero-order valence-electron chi connectivity index (χ0n) is 41.7. The summed E-state index contributed by atoms with van der Waals surface area (Å²) in [5.74, 6) is -7.37. The van der Waals surface area contributed by atoms with E-state index >= 15 is 0 Å². The van der Waals surface area contributed by atoms with Gasteiger partial charge in [-0.25, -0.2) is 4.79 Å². The number of ketones is 2. The molecule has 6 rings (SSSR count). The number of benzene rings is 1. The Morgan fingerprint density at radius 3 is 2.40 bits per heavy atom. The summed E-state index contributed by atoms with van der Waals surface area (Å²) in [6.45, 7) is 14.0. The van der Waals surface area contributed by atoms with Crippen molar-refractivity contribution in [3.63, 3.8) is 0 Å².